The Bertz CT molecular complexity index is 192. The Hall–Kier alpha value is -0.900. The highest BCUT2D eigenvalue weighted by Crippen LogP contribution is 1.88. The summed E-state index contributed by atoms with van der Waals surface area (Å²) in [7, 11) is 5.89. The van der Waals surface area contributed by atoms with Gasteiger partial charge in [0, 0.05) is 6.21 Å². The molecule has 0 aliphatic heterocycles. The van der Waals surface area contributed by atoms with E-state index in [1.54, 1.807) is 6.21 Å². The van der Waals surface area contributed by atoms with Gasteiger partial charge in [-0.1, -0.05) is 13.8 Å². The summed E-state index contributed by atoms with van der Waals surface area (Å²) in [5.74, 6) is 0.314. The van der Waals surface area contributed by atoms with Crippen LogP contribution in [-0.4, -0.2) is 44.3 Å². The van der Waals surface area contributed by atoms with Crippen LogP contribution in [0.2, 0.25) is 0 Å². The molecule has 0 spiro atoms. The molecule has 1 N–H and O–H groups in total. The largest absolute Gasteiger partial charge is 0.323 e. The molecule has 13 heavy (non-hydrogen) atoms. The van der Waals surface area contributed by atoms with Gasteiger partial charge in [-0.15, -0.1) is 0 Å². The number of hydrogen-bond donors (Lipinski definition) is 1. The molecule has 0 rings (SSSR count). The SMILES string of the molecule is CC(C)/C=N/NC(=O)C[N+](C)(C)C. The summed E-state index contributed by atoms with van der Waals surface area (Å²) in [6, 6.07) is 0. The summed E-state index contributed by atoms with van der Waals surface area (Å²) in [6.07, 6.45) is 1.72. The molecule has 4 nitrogen and oxygen atoms in total. The molecule has 0 aromatic heterocycles. The maximum Gasteiger partial charge on any atom is 0.295 e. The van der Waals surface area contributed by atoms with E-state index >= 15 is 0 Å². The summed E-state index contributed by atoms with van der Waals surface area (Å²) >= 11 is 0. The smallest absolute Gasteiger partial charge is 0.295 e. The number of hydrazone groups is 1. The highest BCUT2D eigenvalue weighted by atomic mass is 16.2. The number of carbonyl (C=O) groups excluding carboxylic acids is 1. The zero-order valence-electron chi connectivity index (χ0n) is 9.16. The Morgan fingerprint density at radius 2 is 2.00 bits per heavy atom. The predicted molar refractivity (Wildman–Crippen MR) is 54.4 cm³/mol. The number of nitrogens with zero attached hydrogens (tertiary/aromatic N) is 2. The number of quaternary nitrogens is 1. The first-order valence-electron chi connectivity index (χ1n) is 4.44. The van der Waals surface area contributed by atoms with Crippen molar-refractivity contribution in [1.29, 1.82) is 0 Å². The zero-order valence-corrected chi connectivity index (χ0v) is 9.16. The molecule has 0 aliphatic carbocycles. The second-order valence-corrected chi connectivity index (χ2v) is 4.51. The third-order valence-electron chi connectivity index (χ3n) is 1.18. The monoisotopic (exact) mass is 186 g/mol. The zero-order chi connectivity index (χ0) is 10.5. The molecule has 4 heteroatoms. The maximum absolute atomic E-state index is 11.2. The molecule has 0 unspecified atom stereocenters. The Morgan fingerprint density at radius 1 is 1.46 bits per heavy atom. The van der Waals surface area contributed by atoms with Crippen LogP contribution in [0.3, 0.4) is 0 Å². The fourth-order valence-corrected chi connectivity index (χ4v) is 0.725. The standard InChI is InChI=1S/C9H19N3O/c1-8(2)6-10-11-9(13)7-12(3,4)5/h6,8H,7H2,1-5H3/p+1/b10-6+. The summed E-state index contributed by atoms with van der Waals surface area (Å²) in [4.78, 5) is 11.2. The molecule has 0 fully saturated rings. The highest BCUT2D eigenvalue weighted by molar-refractivity contribution is 5.77. The van der Waals surface area contributed by atoms with Crippen molar-refractivity contribution in [3.8, 4) is 0 Å². The van der Waals surface area contributed by atoms with E-state index in [0.29, 0.717) is 16.9 Å². The minimum absolute atomic E-state index is 0.0515. The minimum atomic E-state index is -0.0515. The summed E-state index contributed by atoms with van der Waals surface area (Å²) < 4.78 is 0.614. The first-order chi connectivity index (χ1) is 5.81. The maximum atomic E-state index is 11.2. The Morgan fingerprint density at radius 3 is 2.38 bits per heavy atom. The molecule has 0 radical (unpaired) electrons. The molecule has 0 aromatic rings. The Kier molecular flexibility index (Phi) is 4.62. The fourth-order valence-electron chi connectivity index (χ4n) is 0.725. The van der Waals surface area contributed by atoms with Crippen LogP contribution in [0.15, 0.2) is 5.10 Å². The van der Waals surface area contributed by atoms with Gasteiger partial charge < -0.3 is 4.48 Å². The average Bonchev–Trinajstić information content (AvgIpc) is 1.81. The van der Waals surface area contributed by atoms with Crippen LogP contribution in [0.1, 0.15) is 13.8 Å². The summed E-state index contributed by atoms with van der Waals surface area (Å²) in [5, 5.41) is 3.82. The van der Waals surface area contributed by atoms with Crippen LogP contribution in [0, 0.1) is 5.92 Å². The normalized spacial score (nSPS) is 12.5. The van der Waals surface area contributed by atoms with E-state index in [0.717, 1.165) is 0 Å². The number of rotatable bonds is 4. The lowest BCUT2D eigenvalue weighted by Crippen LogP contribution is -2.43. The molecule has 0 bridgehead atoms. The summed E-state index contributed by atoms with van der Waals surface area (Å²) in [6.45, 7) is 4.46. The number of likely N-dealkylation sites (N-methyl/N-ethyl adjacent to an activating group) is 1. The van der Waals surface area contributed by atoms with Crippen LogP contribution >= 0.6 is 0 Å². The summed E-state index contributed by atoms with van der Waals surface area (Å²) in [5.41, 5.74) is 2.49. The predicted octanol–water partition coefficient (Wildman–Crippen LogP) is 0.451. The molecule has 1 amide bonds. The van der Waals surface area contributed by atoms with E-state index in [1.165, 1.54) is 0 Å². The lowest BCUT2D eigenvalue weighted by molar-refractivity contribution is -0.862. The van der Waals surface area contributed by atoms with Crippen molar-refractivity contribution in [2.75, 3.05) is 27.7 Å². The van der Waals surface area contributed by atoms with Crippen molar-refractivity contribution < 1.29 is 9.28 Å². The number of hydrogen-bond acceptors (Lipinski definition) is 2. The number of carbonyl (C=O) groups is 1. The van der Waals surface area contributed by atoms with Gasteiger partial charge in [0.25, 0.3) is 5.91 Å². The Labute approximate surface area is 80.2 Å². The van der Waals surface area contributed by atoms with Crippen molar-refractivity contribution >= 4 is 12.1 Å². The van der Waals surface area contributed by atoms with Crippen LogP contribution in [0.5, 0.6) is 0 Å². The Balaban J connectivity index is 3.77. The van der Waals surface area contributed by atoms with E-state index in [-0.39, 0.29) is 5.91 Å². The van der Waals surface area contributed by atoms with Gasteiger partial charge in [-0.3, -0.25) is 4.79 Å². The number of nitrogens with one attached hydrogen (secondary N) is 1. The molecule has 76 valence electrons. The molecule has 0 atom stereocenters. The van der Waals surface area contributed by atoms with Crippen LogP contribution in [0.4, 0.5) is 0 Å². The quantitative estimate of drug-likeness (QED) is 0.386. The third kappa shape index (κ3) is 9.01. The second kappa shape index (κ2) is 4.97. The van der Waals surface area contributed by atoms with Gasteiger partial charge in [-0.2, -0.15) is 5.10 Å². The van der Waals surface area contributed by atoms with E-state index < -0.39 is 0 Å². The van der Waals surface area contributed by atoms with Gasteiger partial charge in [0.15, 0.2) is 6.54 Å². The van der Waals surface area contributed by atoms with Crippen LogP contribution < -0.4 is 5.43 Å². The topological polar surface area (TPSA) is 41.5 Å². The minimum Gasteiger partial charge on any atom is -0.323 e. The molecule has 0 saturated heterocycles. The molecule has 0 heterocycles. The highest BCUT2D eigenvalue weighted by Gasteiger charge is 2.12. The van der Waals surface area contributed by atoms with Crippen LogP contribution in [-0.2, 0) is 4.79 Å². The number of amides is 1. The molecular weight excluding hydrogens is 166 g/mol. The van der Waals surface area contributed by atoms with E-state index in [2.05, 4.69) is 10.5 Å². The van der Waals surface area contributed by atoms with E-state index in [9.17, 15) is 4.79 Å². The first kappa shape index (κ1) is 12.1. The molecule has 0 aromatic carbocycles. The van der Waals surface area contributed by atoms with Gasteiger partial charge in [-0.05, 0) is 5.92 Å². The van der Waals surface area contributed by atoms with Gasteiger partial charge >= 0.3 is 0 Å². The van der Waals surface area contributed by atoms with Gasteiger partial charge in [-0.25, -0.2) is 5.43 Å². The van der Waals surface area contributed by atoms with Gasteiger partial charge in [0.2, 0.25) is 0 Å². The molecule has 0 saturated carbocycles. The van der Waals surface area contributed by atoms with E-state index in [4.69, 9.17) is 0 Å². The average molecular weight is 186 g/mol. The second-order valence-electron chi connectivity index (χ2n) is 4.51. The van der Waals surface area contributed by atoms with Crippen molar-refractivity contribution in [1.82, 2.24) is 5.43 Å². The van der Waals surface area contributed by atoms with Gasteiger partial charge in [0.05, 0.1) is 21.1 Å². The first-order valence-corrected chi connectivity index (χ1v) is 4.44. The van der Waals surface area contributed by atoms with Crippen molar-refractivity contribution in [3.63, 3.8) is 0 Å². The van der Waals surface area contributed by atoms with Crippen molar-refractivity contribution in [2.24, 2.45) is 11.0 Å². The molecule has 0 aliphatic rings. The van der Waals surface area contributed by atoms with Crippen molar-refractivity contribution in [3.05, 3.63) is 0 Å². The third-order valence-corrected chi connectivity index (χ3v) is 1.18. The van der Waals surface area contributed by atoms with Crippen molar-refractivity contribution in [2.45, 2.75) is 13.8 Å². The lowest BCUT2D eigenvalue weighted by Gasteiger charge is -2.22. The lowest BCUT2D eigenvalue weighted by atomic mass is 10.3. The van der Waals surface area contributed by atoms with E-state index in [1.807, 2.05) is 35.0 Å². The molecular formula is C9H20N3O+. The van der Waals surface area contributed by atoms with Crippen LogP contribution in [0.25, 0.3) is 0 Å². The van der Waals surface area contributed by atoms with Gasteiger partial charge in [0.1, 0.15) is 0 Å². The fraction of sp³-hybridized carbons (Fsp3) is 0.778.